The van der Waals surface area contributed by atoms with Gasteiger partial charge in [-0.15, -0.1) is 16.7 Å². The van der Waals surface area contributed by atoms with Crippen LogP contribution in [0.25, 0.3) is 22.3 Å². The van der Waals surface area contributed by atoms with Crippen LogP contribution in [0.3, 0.4) is 0 Å². The smallest absolute Gasteiger partial charge is 0.171 e. The van der Waals surface area contributed by atoms with Gasteiger partial charge in [0, 0.05) is 56.1 Å². The van der Waals surface area contributed by atoms with Gasteiger partial charge in [0.25, 0.3) is 0 Å². The minimum atomic E-state index is -0.0230. The van der Waals surface area contributed by atoms with Gasteiger partial charge in [-0.25, -0.2) is 13.9 Å². The van der Waals surface area contributed by atoms with Gasteiger partial charge < -0.3 is 5.32 Å². The fourth-order valence-electron chi connectivity index (χ4n) is 3.41. The van der Waals surface area contributed by atoms with Crippen molar-refractivity contribution in [2.75, 3.05) is 32.7 Å². The molecule has 10 heteroatoms. The maximum Gasteiger partial charge on any atom is 0.171 e. The van der Waals surface area contributed by atoms with Crippen molar-refractivity contribution in [3.63, 3.8) is 0 Å². The third-order valence-electron chi connectivity index (χ3n) is 4.78. The predicted octanol–water partition coefficient (Wildman–Crippen LogP) is 2.28. The molecule has 29 heavy (non-hydrogen) atoms. The van der Waals surface area contributed by atoms with E-state index in [9.17, 15) is 9.15 Å². The van der Waals surface area contributed by atoms with Crippen molar-refractivity contribution in [3.05, 3.63) is 31.0 Å². The Morgan fingerprint density at radius 3 is 2.83 bits per heavy atom. The van der Waals surface area contributed by atoms with Crippen molar-refractivity contribution in [2.24, 2.45) is 0 Å². The first-order valence-corrected chi connectivity index (χ1v) is 9.76. The fraction of sp³-hybridized carbons (Fsp3) is 0.368. The van der Waals surface area contributed by atoms with E-state index in [1.807, 2.05) is 10.9 Å². The minimum absolute atomic E-state index is 0.0230. The van der Waals surface area contributed by atoms with Crippen molar-refractivity contribution >= 4 is 23.4 Å². The molecule has 0 amide bonds. The molecule has 0 bridgehead atoms. The second-order valence-corrected chi connectivity index (χ2v) is 6.98. The van der Waals surface area contributed by atoms with Crippen LogP contribution in [0, 0.1) is 24.2 Å². The maximum atomic E-state index is 13.0. The number of terminal acetylenes is 1. The highest BCUT2D eigenvalue weighted by Gasteiger charge is 2.20. The van der Waals surface area contributed by atoms with Gasteiger partial charge in [-0.05, 0) is 6.07 Å². The first-order chi connectivity index (χ1) is 14.3. The quantitative estimate of drug-likeness (QED) is 0.622. The van der Waals surface area contributed by atoms with Crippen molar-refractivity contribution in [1.82, 2.24) is 33.9 Å². The SMILES string of the molecule is C#C.N#CCC(CN1CCNCC1)n1cc(-c2ncnc3c2ccn3SF)cn1. The molecular formula is C19H21FN8S. The van der Waals surface area contributed by atoms with E-state index in [1.165, 1.54) is 10.3 Å². The van der Waals surface area contributed by atoms with Crippen LogP contribution in [-0.2, 0) is 0 Å². The molecule has 0 spiro atoms. The van der Waals surface area contributed by atoms with E-state index in [0.29, 0.717) is 17.8 Å². The van der Waals surface area contributed by atoms with Gasteiger partial charge in [0.15, 0.2) is 18.0 Å². The van der Waals surface area contributed by atoms with Crippen LogP contribution < -0.4 is 5.32 Å². The van der Waals surface area contributed by atoms with Crippen LogP contribution in [0.2, 0.25) is 0 Å². The standard InChI is InChI=1S/C17H19FN8S.C2H2/c18-27-26-6-2-15-16(21-12-22-17(15)26)13-9-23-25(10-13)14(1-3-19)11-24-7-4-20-5-8-24;1-2/h2,6,9-10,12,14,20H,1,4-5,7-8,11H2;1-2H. The number of nitrogens with one attached hydrogen (secondary N) is 1. The molecule has 8 nitrogen and oxygen atoms in total. The molecule has 1 saturated heterocycles. The highest BCUT2D eigenvalue weighted by molar-refractivity contribution is 7.92. The van der Waals surface area contributed by atoms with Crippen molar-refractivity contribution in [1.29, 1.82) is 5.26 Å². The summed E-state index contributed by atoms with van der Waals surface area (Å²) in [5.74, 6) is 0. The summed E-state index contributed by atoms with van der Waals surface area (Å²) in [7, 11) is 0. The number of piperazine rings is 1. The second-order valence-electron chi connectivity index (χ2n) is 6.45. The molecule has 1 N–H and O–H groups in total. The lowest BCUT2D eigenvalue weighted by molar-refractivity contribution is 0.202. The zero-order valence-electron chi connectivity index (χ0n) is 15.8. The maximum absolute atomic E-state index is 13.0. The van der Waals surface area contributed by atoms with Gasteiger partial charge in [-0.2, -0.15) is 10.4 Å². The normalized spacial score (nSPS) is 15.4. The van der Waals surface area contributed by atoms with Crippen LogP contribution in [0.4, 0.5) is 3.89 Å². The molecular weight excluding hydrogens is 391 g/mol. The third-order valence-corrected chi connectivity index (χ3v) is 5.22. The van der Waals surface area contributed by atoms with Gasteiger partial charge >= 0.3 is 0 Å². The monoisotopic (exact) mass is 412 g/mol. The Hall–Kier alpha value is -2.92. The topological polar surface area (TPSA) is 87.6 Å². The van der Waals surface area contributed by atoms with E-state index in [0.717, 1.165) is 43.7 Å². The summed E-state index contributed by atoms with van der Waals surface area (Å²) in [5.41, 5.74) is 2.05. The zero-order valence-corrected chi connectivity index (χ0v) is 16.6. The number of nitriles is 1. The number of rotatable bonds is 6. The molecule has 0 saturated carbocycles. The van der Waals surface area contributed by atoms with Crippen molar-refractivity contribution in [2.45, 2.75) is 12.5 Å². The Balaban J connectivity index is 0.00000117. The average molecular weight is 412 g/mol. The Morgan fingerprint density at radius 2 is 2.10 bits per heavy atom. The third kappa shape index (κ3) is 4.57. The lowest BCUT2D eigenvalue weighted by atomic mass is 10.1. The first kappa shape index (κ1) is 20.8. The molecule has 1 unspecified atom stereocenters. The van der Waals surface area contributed by atoms with Gasteiger partial charge in [0.1, 0.15) is 6.33 Å². The Bertz CT molecular complexity index is 998. The molecule has 150 valence electrons. The summed E-state index contributed by atoms with van der Waals surface area (Å²) in [6.45, 7) is 4.65. The summed E-state index contributed by atoms with van der Waals surface area (Å²) < 4.78 is 16.2. The van der Waals surface area contributed by atoms with Crippen LogP contribution >= 0.6 is 12.3 Å². The largest absolute Gasteiger partial charge is 0.314 e. The van der Waals surface area contributed by atoms with Crippen molar-refractivity contribution < 1.29 is 3.89 Å². The Labute approximate surface area is 173 Å². The summed E-state index contributed by atoms with van der Waals surface area (Å²) in [5, 5.41) is 17.8. The van der Waals surface area contributed by atoms with Crippen LogP contribution in [-0.4, -0.2) is 61.3 Å². The van der Waals surface area contributed by atoms with E-state index < -0.39 is 0 Å². The molecule has 0 aromatic carbocycles. The zero-order chi connectivity index (χ0) is 20.6. The molecule has 3 aromatic heterocycles. The van der Waals surface area contributed by atoms with Crippen LogP contribution in [0.15, 0.2) is 31.0 Å². The van der Waals surface area contributed by atoms with Gasteiger partial charge in [0.2, 0.25) is 0 Å². The summed E-state index contributed by atoms with van der Waals surface area (Å²) in [6.07, 6.45) is 15.1. The van der Waals surface area contributed by atoms with Gasteiger partial charge in [-0.3, -0.25) is 9.58 Å². The Morgan fingerprint density at radius 1 is 1.31 bits per heavy atom. The molecule has 4 rings (SSSR count). The molecule has 1 aliphatic rings. The van der Waals surface area contributed by atoms with Crippen molar-refractivity contribution in [3.8, 4) is 30.2 Å². The van der Waals surface area contributed by atoms with E-state index >= 15 is 0 Å². The number of nitrogens with zero attached hydrogens (tertiary/aromatic N) is 7. The fourth-order valence-corrected chi connectivity index (χ4v) is 3.73. The van der Waals surface area contributed by atoms with Gasteiger partial charge in [0.05, 0.1) is 30.4 Å². The lowest BCUT2D eigenvalue weighted by Gasteiger charge is -2.30. The highest BCUT2D eigenvalue weighted by Crippen LogP contribution is 2.28. The Kier molecular flexibility index (Phi) is 7.19. The summed E-state index contributed by atoms with van der Waals surface area (Å²) >= 11 is 0.104. The predicted molar refractivity (Wildman–Crippen MR) is 111 cm³/mol. The average Bonchev–Trinajstić information content (AvgIpc) is 3.43. The summed E-state index contributed by atoms with van der Waals surface area (Å²) in [6, 6.07) is 4.04. The van der Waals surface area contributed by atoms with E-state index in [-0.39, 0.29) is 18.4 Å². The van der Waals surface area contributed by atoms with Gasteiger partial charge in [-0.1, -0.05) is 0 Å². The second kappa shape index (κ2) is 10.0. The molecule has 1 aliphatic heterocycles. The highest BCUT2D eigenvalue weighted by atomic mass is 32.2. The molecule has 0 aliphatic carbocycles. The molecule has 1 fully saturated rings. The molecule has 1 atom stereocenters. The van der Waals surface area contributed by atoms with E-state index in [2.05, 4.69) is 44.2 Å². The molecule has 3 aromatic rings. The summed E-state index contributed by atoms with van der Waals surface area (Å²) in [4.78, 5) is 10.9. The lowest BCUT2D eigenvalue weighted by Crippen LogP contribution is -2.45. The number of fused-ring (bicyclic) bond motifs is 1. The first-order valence-electron chi connectivity index (χ1n) is 9.09. The number of halogens is 1. The van der Waals surface area contributed by atoms with E-state index in [4.69, 9.17) is 0 Å². The number of aromatic nitrogens is 5. The molecule has 4 heterocycles. The van der Waals surface area contributed by atoms with Crippen LogP contribution in [0.1, 0.15) is 12.5 Å². The number of hydrogen-bond donors (Lipinski definition) is 1. The number of hydrogen-bond acceptors (Lipinski definition) is 7. The van der Waals surface area contributed by atoms with Crippen LogP contribution in [0.5, 0.6) is 0 Å². The van der Waals surface area contributed by atoms with E-state index in [1.54, 1.807) is 18.5 Å². The minimum Gasteiger partial charge on any atom is -0.314 e. The molecule has 0 radical (unpaired) electrons.